The lowest BCUT2D eigenvalue weighted by atomic mass is 10.1. The molecule has 0 bridgehead atoms. The Balaban J connectivity index is 1.36. The molecule has 1 atom stereocenters. The number of nitrogens with one attached hydrogen (secondary N) is 1. The van der Waals surface area contributed by atoms with Crippen LogP contribution in [0.25, 0.3) is 0 Å². The highest BCUT2D eigenvalue weighted by Gasteiger charge is 2.22. The molecule has 3 aromatic rings. The molecule has 1 N–H and O–H groups in total. The minimum atomic E-state index is -0.310. The molecule has 1 aromatic heterocycles. The molecule has 0 saturated carbocycles. The Bertz CT molecular complexity index is 846. The predicted molar refractivity (Wildman–Crippen MR) is 91.6 cm³/mol. The van der Waals surface area contributed by atoms with Gasteiger partial charge in [-0.25, -0.2) is 9.37 Å². The van der Waals surface area contributed by atoms with Crippen LogP contribution in [-0.2, 0) is 6.42 Å². The van der Waals surface area contributed by atoms with Crippen LogP contribution in [0.1, 0.15) is 5.56 Å². The summed E-state index contributed by atoms with van der Waals surface area (Å²) in [4.78, 5) is 8.49. The maximum atomic E-state index is 12.9. The number of hydrogen-bond donors (Lipinski definition) is 1. The van der Waals surface area contributed by atoms with Crippen LogP contribution >= 0.6 is 0 Å². The summed E-state index contributed by atoms with van der Waals surface area (Å²) in [6.07, 6.45) is 2.51. The first-order valence-corrected chi connectivity index (χ1v) is 8.01. The van der Waals surface area contributed by atoms with Crippen molar-refractivity contribution in [2.24, 2.45) is 0 Å². The zero-order valence-electron chi connectivity index (χ0n) is 13.4. The molecule has 4 rings (SSSR count). The van der Waals surface area contributed by atoms with Gasteiger partial charge in [-0.1, -0.05) is 18.2 Å². The lowest BCUT2D eigenvalue weighted by Gasteiger charge is -2.12. The van der Waals surface area contributed by atoms with Crippen molar-refractivity contribution in [3.05, 3.63) is 72.2 Å². The van der Waals surface area contributed by atoms with Gasteiger partial charge in [-0.3, -0.25) is 0 Å². The maximum Gasteiger partial charge on any atom is 0.226 e. The molecular formula is C19H16FN3O2. The summed E-state index contributed by atoms with van der Waals surface area (Å²) in [5, 5.41) is 3.17. The Morgan fingerprint density at radius 3 is 2.80 bits per heavy atom. The highest BCUT2D eigenvalue weighted by Crippen LogP contribution is 2.28. The van der Waals surface area contributed by atoms with E-state index in [1.54, 1.807) is 24.4 Å². The molecule has 5 nitrogen and oxygen atoms in total. The van der Waals surface area contributed by atoms with Gasteiger partial charge in [0.05, 0.1) is 6.54 Å². The largest absolute Gasteiger partial charge is 0.488 e. The van der Waals surface area contributed by atoms with Crippen LogP contribution in [0.5, 0.6) is 17.4 Å². The molecule has 6 heteroatoms. The molecule has 2 aromatic carbocycles. The number of anilines is 1. The first-order valence-electron chi connectivity index (χ1n) is 8.01. The average molecular weight is 337 g/mol. The van der Waals surface area contributed by atoms with E-state index < -0.39 is 0 Å². The number of rotatable bonds is 5. The number of benzene rings is 2. The summed E-state index contributed by atoms with van der Waals surface area (Å²) in [7, 11) is 0. The van der Waals surface area contributed by atoms with Gasteiger partial charge in [-0.05, 0) is 35.9 Å². The number of para-hydroxylation sites is 1. The predicted octanol–water partition coefficient (Wildman–Crippen LogP) is 3.82. The zero-order chi connectivity index (χ0) is 17.1. The quantitative estimate of drug-likeness (QED) is 0.767. The molecule has 1 unspecified atom stereocenters. The number of aromatic nitrogens is 2. The Morgan fingerprint density at radius 2 is 1.96 bits per heavy atom. The van der Waals surface area contributed by atoms with Crippen molar-refractivity contribution in [1.82, 2.24) is 9.97 Å². The van der Waals surface area contributed by atoms with E-state index in [1.165, 1.54) is 17.7 Å². The fourth-order valence-corrected chi connectivity index (χ4v) is 2.68. The average Bonchev–Trinajstić information content (AvgIpc) is 3.05. The minimum Gasteiger partial charge on any atom is -0.488 e. The molecule has 0 spiro atoms. The van der Waals surface area contributed by atoms with E-state index in [1.807, 2.05) is 18.2 Å². The van der Waals surface area contributed by atoms with Crippen LogP contribution < -0.4 is 14.8 Å². The molecular weight excluding hydrogens is 321 g/mol. The SMILES string of the molecule is Fc1ccc(Oc2ccnc(NCC3Cc4ccccc4O3)n2)cc1. The molecule has 0 radical (unpaired) electrons. The topological polar surface area (TPSA) is 56.3 Å². The lowest BCUT2D eigenvalue weighted by molar-refractivity contribution is 0.246. The van der Waals surface area contributed by atoms with Gasteiger partial charge in [-0.15, -0.1) is 0 Å². The molecule has 25 heavy (non-hydrogen) atoms. The van der Waals surface area contributed by atoms with Gasteiger partial charge in [0.15, 0.2) is 0 Å². The normalized spacial score (nSPS) is 15.3. The van der Waals surface area contributed by atoms with Crippen LogP contribution in [0, 0.1) is 5.82 Å². The van der Waals surface area contributed by atoms with E-state index in [0.717, 1.165) is 12.2 Å². The third-order valence-electron chi connectivity index (χ3n) is 3.87. The highest BCUT2D eigenvalue weighted by molar-refractivity contribution is 5.38. The minimum absolute atomic E-state index is 0.0441. The molecule has 2 heterocycles. The second-order valence-corrected chi connectivity index (χ2v) is 5.71. The second-order valence-electron chi connectivity index (χ2n) is 5.71. The van der Waals surface area contributed by atoms with Gasteiger partial charge in [0.1, 0.15) is 23.4 Å². The Kier molecular flexibility index (Phi) is 4.16. The molecule has 0 saturated heterocycles. The second kappa shape index (κ2) is 6.76. The van der Waals surface area contributed by atoms with Gasteiger partial charge in [0.25, 0.3) is 0 Å². The molecule has 126 valence electrons. The number of hydrogen-bond acceptors (Lipinski definition) is 5. The number of fused-ring (bicyclic) bond motifs is 1. The molecule has 0 fully saturated rings. The van der Waals surface area contributed by atoms with Crippen molar-refractivity contribution in [1.29, 1.82) is 0 Å². The van der Waals surface area contributed by atoms with E-state index in [-0.39, 0.29) is 11.9 Å². The van der Waals surface area contributed by atoms with E-state index in [2.05, 4.69) is 21.4 Å². The van der Waals surface area contributed by atoms with E-state index in [9.17, 15) is 4.39 Å². The Morgan fingerprint density at radius 1 is 1.12 bits per heavy atom. The molecule has 0 amide bonds. The summed E-state index contributed by atoms with van der Waals surface area (Å²) in [5.74, 6) is 1.98. The van der Waals surface area contributed by atoms with E-state index in [4.69, 9.17) is 9.47 Å². The molecule has 0 aliphatic carbocycles. The zero-order valence-corrected chi connectivity index (χ0v) is 13.4. The molecule has 1 aliphatic heterocycles. The van der Waals surface area contributed by atoms with Crippen molar-refractivity contribution in [2.75, 3.05) is 11.9 Å². The summed E-state index contributed by atoms with van der Waals surface area (Å²) >= 11 is 0. The third kappa shape index (κ3) is 3.68. The lowest BCUT2D eigenvalue weighted by Crippen LogP contribution is -2.24. The van der Waals surface area contributed by atoms with Crippen LogP contribution in [0.3, 0.4) is 0 Å². The van der Waals surface area contributed by atoms with Crippen LogP contribution in [0.2, 0.25) is 0 Å². The van der Waals surface area contributed by atoms with Crippen molar-refractivity contribution in [3.63, 3.8) is 0 Å². The van der Waals surface area contributed by atoms with Crippen LogP contribution in [0.4, 0.5) is 10.3 Å². The third-order valence-corrected chi connectivity index (χ3v) is 3.87. The summed E-state index contributed by atoms with van der Waals surface area (Å²) in [6, 6.07) is 15.5. The van der Waals surface area contributed by atoms with E-state index in [0.29, 0.717) is 24.1 Å². The summed E-state index contributed by atoms with van der Waals surface area (Å²) in [5.41, 5.74) is 1.21. The number of nitrogens with zero attached hydrogens (tertiary/aromatic N) is 2. The van der Waals surface area contributed by atoms with Crippen molar-refractivity contribution in [2.45, 2.75) is 12.5 Å². The van der Waals surface area contributed by atoms with Crippen LogP contribution in [0.15, 0.2) is 60.8 Å². The fourth-order valence-electron chi connectivity index (χ4n) is 2.68. The van der Waals surface area contributed by atoms with Crippen molar-refractivity contribution >= 4 is 5.95 Å². The number of ether oxygens (including phenoxy) is 2. The Labute approximate surface area is 144 Å². The van der Waals surface area contributed by atoms with Gasteiger partial charge in [-0.2, -0.15) is 4.98 Å². The van der Waals surface area contributed by atoms with Gasteiger partial charge >= 0.3 is 0 Å². The van der Waals surface area contributed by atoms with Gasteiger partial charge in [0.2, 0.25) is 11.8 Å². The van der Waals surface area contributed by atoms with Crippen molar-refractivity contribution in [3.8, 4) is 17.4 Å². The summed E-state index contributed by atoms with van der Waals surface area (Å²) < 4.78 is 24.4. The van der Waals surface area contributed by atoms with Crippen LogP contribution in [-0.4, -0.2) is 22.6 Å². The highest BCUT2D eigenvalue weighted by atomic mass is 19.1. The first-order chi connectivity index (χ1) is 12.3. The fraction of sp³-hybridized carbons (Fsp3) is 0.158. The van der Waals surface area contributed by atoms with Gasteiger partial charge < -0.3 is 14.8 Å². The molecule has 1 aliphatic rings. The van der Waals surface area contributed by atoms with E-state index >= 15 is 0 Å². The Hall–Kier alpha value is -3.15. The van der Waals surface area contributed by atoms with Gasteiger partial charge in [0, 0.05) is 18.7 Å². The standard InChI is InChI=1S/C19H16FN3O2/c20-14-5-7-15(8-6-14)25-18-9-10-21-19(23-18)22-12-16-11-13-3-1-2-4-17(13)24-16/h1-10,16H,11-12H2,(H,21,22,23). The maximum absolute atomic E-state index is 12.9. The smallest absolute Gasteiger partial charge is 0.226 e. The monoisotopic (exact) mass is 337 g/mol. The van der Waals surface area contributed by atoms with Crippen molar-refractivity contribution < 1.29 is 13.9 Å². The number of halogens is 1. The first kappa shape index (κ1) is 15.4. The summed E-state index contributed by atoms with van der Waals surface area (Å²) in [6.45, 7) is 0.592.